The van der Waals surface area contributed by atoms with Crippen molar-refractivity contribution in [3.8, 4) is 0 Å². The maximum atomic E-state index is 12.7. The van der Waals surface area contributed by atoms with E-state index in [1.54, 1.807) is 18.3 Å². The van der Waals surface area contributed by atoms with Crippen molar-refractivity contribution in [2.75, 3.05) is 11.5 Å². The Labute approximate surface area is 178 Å². The Hall–Kier alpha value is -3.06. The monoisotopic (exact) mass is 448 g/mol. The molecule has 2 aromatic heterocycles. The van der Waals surface area contributed by atoms with Crippen LogP contribution in [-0.4, -0.2) is 77.0 Å². The van der Waals surface area contributed by atoms with Crippen molar-refractivity contribution < 1.29 is 24.3 Å². The fourth-order valence-corrected chi connectivity index (χ4v) is 5.54. The Balaban J connectivity index is 1.43. The highest BCUT2D eigenvalue weighted by Crippen LogP contribution is 2.41. The van der Waals surface area contributed by atoms with Crippen molar-refractivity contribution in [1.82, 2.24) is 30.2 Å². The number of carboxylic acid groups (broad SMARTS) is 1. The molecule has 0 aliphatic carbocycles. The number of rotatable bonds is 8. The van der Waals surface area contributed by atoms with Crippen molar-refractivity contribution in [2.24, 2.45) is 0 Å². The first-order valence-corrected chi connectivity index (χ1v) is 10.8. The average Bonchev–Trinajstić information content (AvgIpc) is 3.41. The summed E-state index contributed by atoms with van der Waals surface area (Å²) in [5.41, 5.74) is 0.917. The summed E-state index contributed by atoms with van der Waals surface area (Å²) < 4.78 is 1.47. The summed E-state index contributed by atoms with van der Waals surface area (Å²) in [4.78, 5) is 49.0. The van der Waals surface area contributed by atoms with E-state index in [9.17, 15) is 24.3 Å². The van der Waals surface area contributed by atoms with Crippen LogP contribution in [0.1, 0.15) is 10.5 Å². The number of fused-ring (bicyclic) bond motifs is 1. The number of aromatic amines is 1. The number of amides is 2. The first-order chi connectivity index (χ1) is 14.5. The molecule has 2 aliphatic heterocycles. The van der Waals surface area contributed by atoms with Gasteiger partial charge in [0, 0.05) is 17.7 Å². The highest BCUT2D eigenvalue weighted by atomic mass is 32.2. The van der Waals surface area contributed by atoms with E-state index >= 15 is 0 Å². The second kappa shape index (κ2) is 8.36. The van der Waals surface area contributed by atoms with Crippen LogP contribution >= 0.6 is 23.5 Å². The summed E-state index contributed by atoms with van der Waals surface area (Å²) in [6, 6.07) is 2.42. The number of thioether (sulfide) groups is 2. The van der Waals surface area contributed by atoms with Crippen molar-refractivity contribution in [1.29, 1.82) is 0 Å². The predicted molar refractivity (Wildman–Crippen MR) is 107 cm³/mol. The van der Waals surface area contributed by atoms with Crippen LogP contribution in [-0.2, 0) is 20.9 Å². The zero-order chi connectivity index (χ0) is 21.3. The first-order valence-electron chi connectivity index (χ1n) is 8.78. The number of β-lactam (4-membered cyclic amide) rings is 1. The predicted octanol–water partition coefficient (Wildman–Crippen LogP) is -0.0504. The third-order valence-electron chi connectivity index (χ3n) is 4.65. The van der Waals surface area contributed by atoms with Crippen LogP contribution in [0.5, 0.6) is 0 Å². The highest BCUT2D eigenvalue weighted by Gasteiger charge is 2.54. The number of aldehydes is 1. The summed E-state index contributed by atoms with van der Waals surface area (Å²) in [7, 11) is 0. The number of carbonyl (C=O) groups is 4. The minimum atomic E-state index is -1.18. The molecule has 156 valence electrons. The Morgan fingerprint density at radius 2 is 2.30 bits per heavy atom. The molecule has 3 N–H and O–H groups in total. The van der Waals surface area contributed by atoms with Gasteiger partial charge in [-0.25, -0.2) is 4.79 Å². The normalized spacial score (nSPS) is 20.5. The number of hydrogen-bond acceptors (Lipinski definition) is 8. The zero-order valence-corrected chi connectivity index (χ0v) is 17.0. The lowest BCUT2D eigenvalue weighted by molar-refractivity contribution is -0.150. The Kier molecular flexibility index (Phi) is 5.63. The van der Waals surface area contributed by atoms with Crippen LogP contribution in [0.4, 0.5) is 0 Å². The Bertz CT molecular complexity index is 1030. The first kappa shape index (κ1) is 20.2. The third kappa shape index (κ3) is 3.73. The lowest BCUT2D eigenvalue weighted by atomic mass is 10.0. The standard InChI is InChI=1S/C17H16N6O5S2/c24-6-10-2-1-3-22(10)5-11(25)19-13-15(26)23-14(17(27)28)9(8-30-16(13)23)7-29-12-4-18-21-20-12/h1-4,6,13,16H,5,7-8H2,(H,19,25)(H,27,28)(H,18,20,21). The van der Waals surface area contributed by atoms with E-state index in [-0.39, 0.29) is 12.2 Å². The SMILES string of the molecule is O=Cc1cccn1CC(=O)NC1C(=O)N2C(C(=O)O)=C(CSc3cn[nH]n3)CSC12. The fourth-order valence-electron chi connectivity index (χ4n) is 3.27. The third-order valence-corrected chi connectivity index (χ3v) is 6.98. The van der Waals surface area contributed by atoms with Crippen molar-refractivity contribution in [2.45, 2.75) is 23.0 Å². The average molecular weight is 448 g/mol. The molecule has 0 aromatic carbocycles. The molecule has 2 aromatic rings. The molecule has 0 bridgehead atoms. The Morgan fingerprint density at radius 1 is 1.47 bits per heavy atom. The van der Waals surface area contributed by atoms with E-state index < -0.39 is 29.2 Å². The minimum absolute atomic E-state index is 0.0427. The molecular formula is C17H16N6O5S2. The van der Waals surface area contributed by atoms with Crippen LogP contribution in [0.3, 0.4) is 0 Å². The van der Waals surface area contributed by atoms with Gasteiger partial charge in [-0.2, -0.15) is 10.3 Å². The molecule has 2 aliphatic rings. The zero-order valence-electron chi connectivity index (χ0n) is 15.3. The quantitative estimate of drug-likeness (QED) is 0.287. The molecule has 30 heavy (non-hydrogen) atoms. The molecule has 1 saturated heterocycles. The van der Waals surface area contributed by atoms with E-state index in [4.69, 9.17) is 0 Å². The molecule has 4 heterocycles. The van der Waals surface area contributed by atoms with Gasteiger partial charge in [0.25, 0.3) is 5.91 Å². The fraction of sp³-hybridized carbons (Fsp3) is 0.294. The van der Waals surface area contributed by atoms with Crippen LogP contribution in [0.2, 0.25) is 0 Å². The number of aromatic nitrogens is 4. The number of aliphatic carboxylic acids is 1. The molecule has 2 atom stereocenters. The smallest absolute Gasteiger partial charge is 0.352 e. The van der Waals surface area contributed by atoms with Gasteiger partial charge in [-0.15, -0.1) is 16.9 Å². The van der Waals surface area contributed by atoms with E-state index in [1.807, 2.05) is 0 Å². The maximum Gasteiger partial charge on any atom is 0.352 e. The largest absolute Gasteiger partial charge is 0.477 e. The summed E-state index contributed by atoms with van der Waals surface area (Å²) in [5.74, 6) is -1.31. The van der Waals surface area contributed by atoms with Crippen LogP contribution in [0.15, 0.2) is 40.8 Å². The lowest BCUT2D eigenvalue weighted by Gasteiger charge is -2.49. The number of carbonyl (C=O) groups excluding carboxylic acids is 3. The Morgan fingerprint density at radius 3 is 3.00 bits per heavy atom. The summed E-state index contributed by atoms with van der Waals surface area (Å²) in [6.07, 6.45) is 3.77. The molecule has 1 fully saturated rings. The molecule has 0 spiro atoms. The molecule has 13 heteroatoms. The molecular weight excluding hydrogens is 432 g/mol. The van der Waals surface area contributed by atoms with E-state index in [2.05, 4.69) is 20.7 Å². The molecule has 11 nitrogen and oxygen atoms in total. The van der Waals surface area contributed by atoms with Gasteiger partial charge in [0.15, 0.2) is 6.29 Å². The van der Waals surface area contributed by atoms with Crippen molar-refractivity contribution in [3.63, 3.8) is 0 Å². The minimum Gasteiger partial charge on any atom is -0.477 e. The van der Waals surface area contributed by atoms with E-state index in [0.29, 0.717) is 34.1 Å². The summed E-state index contributed by atoms with van der Waals surface area (Å²) >= 11 is 2.72. The second-order valence-corrected chi connectivity index (χ2v) is 8.59. The van der Waals surface area contributed by atoms with Gasteiger partial charge in [-0.3, -0.25) is 19.3 Å². The van der Waals surface area contributed by atoms with Crippen LogP contribution < -0.4 is 5.32 Å². The van der Waals surface area contributed by atoms with Gasteiger partial charge in [0.2, 0.25) is 5.91 Å². The molecule has 2 amide bonds. The molecule has 0 saturated carbocycles. The van der Waals surface area contributed by atoms with Crippen molar-refractivity contribution >= 4 is 47.6 Å². The van der Waals surface area contributed by atoms with Gasteiger partial charge in [0.05, 0.1) is 11.9 Å². The van der Waals surface area contributed by atoms with Crippen molar-refractivity contribution in [3.05, 3.63) is 41.5 Å². The summed E-state index contributed by atoms with van der Waals surface area (Å²) in [6.45, 7) is -0.108. The molecule has 2 unspecified atom stereocenters. The van der Waals surface area contributed by atoms with Gasteiger partial charge >= 0.3 is 5.97 Å². The highest BCUT2D eigenvalue weighted by molar-refractivity contribution is 8.01. The summed E-state index contributed by atoms with van der Waals surface area (Å²) in [5, 5.41) is 22.6. The second-order valence-electron chi connectivity index (χ2n) is 6.49. The van der Waals surface area contributed by atoms with E-state index in [1.165, 1.54) is 39.2 Å². The molecule has 0 radical (unpaired) electrons. The number of carboxylic acids is 1. The number of nitrogens with zero attached hydrogens (tertiary/aromatic N) is 4. The van der Waals surface area contributed by atoms with E-state index in [0.717, 1.165) is 0 Å². The topological polar surface area (TPSA) is 150 Å². The van der Waals surface area contributed by atoms with Crippen LogP contribution in [0, 0.1) is 0 Å². The number of nitrogens with one attached hydrogen (secondary N) is 2. The molecule has 4 rings (SSSR count). The van der Waals surface area contributed by atoms with Gasteiger partial charge in [0.1, 0.15) is 28.7 Å². The lowest BCUT2D eigenvalue weighted by Crippen LogP contribution is -2.70. The number of H-pyrrole nitrogens is 1. The maximum absolute atomic E-state index is 12.7. The number of hydrogen-bond donors (Lipinski definition) is 3. The van der Waals surface area contributed by atoms with Crippen LogP contribution in [0.25, 0.3) is 0 Å². The van der Waals surface area contributed by atoms with Gasteiger partial charge in [-0.1, -0.05) is 11.8 Å². The van der Waals surface area contributed by atoms with Gasteiger partial charge < -0.3 is 15.0 Å². The van der Waals surface area contributed by atoms with Gasteiger partial charge in [-0.05, 0) is 17.7 Å².